The van der Waals surface area contributed by atoms with Gasteiger partial charge in [0, 0.05) is 12.5 Å². The number of amides is 2. The van der Waals surface area contributed by atoms with Gasteiger partial charge in [0.25, 0.3) is 0 Å². The van der Waals surface area contributed by atoms with Crippen molar-refractivity contribution in [1.29, 1.82) is 0 Å². The molecule has 1 aliphatic rings. The van der Waals surface area contributed by atoms with Crippen LogP contribution in [0.5, 0.6) is 5.75 Å². The lowest BCUT2D eigenvalue weighted by molar-refractivity contribution is -0.138. The zero-order valence-electron chi connectivity index (χ0n) is 12.7. The number of urea groups is 1. The normalized spacial score (nSPS) is 21.0. The number of para-hydroxylation sites is 2. The number of nitrogens with one attached hydrogen (secondary N) is 2. The molecule has 0 bridgehead atoms. The fourth-order valence-corrected chi connectivity index (χ4v) is 2.85. The molecule has 6 heteroatoms. The Morgan fingerprint density at radius 1 is 1.23 bits per heavy atom. The number of carbonyl (C=O) groups excluding carboxylic acids is 1. The van der Waals surface area contributed by atoms with Gasteiger partial charge >= 0.3 is 12.0 Å². The molecule has 0 aliphatic heterocycles. The van der Waals surface area contributed by atoms with Crippen molar-refractivity contribution in [3.8, 4) is 5.75 Å². The molecule has 0 heterocycles. The number of benzene rings is 1. The van der Waals surface area contributed by atoms with E-state index >= 15 is 0 Å². The molecule has 3 N–H and O–H groups in total. The number of carbonyl (C=O) groups is 2. The lowest BCUT2D eigenvalue weighted by atomic mass is 9.84. The molecule has 1 fully saturated rings. The van der Waals surface area contributed by atoms with Crippen molar-refractivity contribution in [2.45, 2.75) is 38.1 Å². The lowest BCUT2D eigenvalue weighted by Gasteiger charge is -2.28. The van der Waals surface area contributed by atoms with Gasteiger partial charge in [-0.3, -0.25) is 4.79 Å². The van der Waals surface area contributed by atoms with E-state index in [2.05, 4.69) is 10.6 Å². The minimum absolute atomic E-state index is 0.0970. The van der Waals surface area contributed by atoms with Crippen LogP contribution in [-0.4, -0.2) is 30.3 Å². The van der Waals surface area contributed by atoms with Crippen LogP contribution in [0.3, 0.4) is 0 Å². The van der Waals surface area contributed by atoms with Gasteiger partial charge < -0.3 is 20.5 Å². The smallest absolute Gasteiger partial charge is 0.319 e. The largest absolute Gasteiger partial charge is 0.495 e. The summed E-state index contributed by atoms with van der Waals surface area (Å²) >= 11 is 0. The molecular formula is C16H22N2O4. The minimum Gasteiger partial charge on any atom is -0.495 e. The highest BCUT2D eigenvalue weighted by molar-refractivity contribution is 5.91. The molecule has 0 radical (unpaired) electrons. The first-order valence-corrected chi connectivity index (χ1v) is 7.51. The summed E-state index contributed by atoms with van der Waals surface area (Å²) in [6.07, 6.45) is 3.53. The predicted octanol–water partition coefficient (Wildman–Crippen LogP) is 2.85. The van der Waals surface area contributed by atoms with Crippen LogP contribution >= 0.6 is 0 Å². The van der Waals surface area contributed by atoms with Gasteiger partial charge in [0.1, 0.15) is 5.75 Å². The molecule has 0 aromatic heterocycles. The van der Waals surface area contributed by atoms with E-state index in [1.165, 1.54) is 0 Å². The van der Waals surface area contributed by atoms with E-state index in [1.807, 2.05) is 12.1 Å². The van der Waals surface area contributed by atoms with Crippen molar-refractivity contribution in [3.05, 3.63) is 24.3 Å². The van der Waals surface area contributed by atoms with Crippen LogP contribution in [0, 0.1) is 5.92 Å². The average Bonchev–Trinajstić information content (AvgIpc) is 2.49. The van der Waals surface area contributed by atoms with Crippen LogP contribution in [0.15, 0.2) is 24.3 Å². The third-order valence-electron chi connectivity index (χ3n) is 4.00. The molecule has 1 saturated carbocycles. The first-order valence-electron chi connectivity index (χ1n) is 7.51. The van der Waals surface area contributed by atoms with Crippen molar-refractivity contribution in [2.75, 3.05) is 12.4 Å². The fourth-order valence-electron chi connectivity index (χ4n) is 2.85. The Kier molecular flexibility index (Phi) is 5.63. The first-order chi connectivity index (χ1) is 10.6. The van der Waals surface area contributed by atoms with Crippen molar-refractivity contribution in [3.63, 3.8) is 0 Å². The third kappa shape index (κ3) is 4.65. The molecule has 22 heavy (non-hydrogen) atoms. The molecular weight excluding hydrogens is 284 g/mol. The van der Waals surface area contributed by atoms with Gasteiger partial charge in [-0.05, 0) is 43.7 Å². The van der Waals surface area contributed by atoms with E-state index in [0.29, 0.717) is 11.4 Å². The summed E-state index contributed by atoms with van der Waals surface area (Å²) < 4.78 is 5.19. The van der Waals surface area contributed by atoms with E-state index in [1.54, 1.807) is 19.2 Å². The van der Waals surface area contributed by atoms with Crippen LogP contribution in [0.4, 0.5) is 10.5 Å². The van der Waals surface area contributed by atoms with Crippen LogP contribution in [-0.2, 0) is 4.79 Å². The maximum atomic E-state index is 12.0. The molecule has 0 atom stereocenters. The highest BCUT2D eigenvalue weighted by Crippen LogP contribution is 2.27. The number of hydrogen-bond acceptors (Lipinski definition) is 3. The Morgan fingerprint density at radius 3 is 2.55 bits per heavy atom. The molecule has 2 amide bonds. The van der Waals surface area contributed by atoms with Crippen molar-refractivity contribution < 1.29 is 19.4 Å². The third-order valence-corrected chi connectivity index (χ3v) is 4.00. The molecule has 6 nitrogen and oxygen atoms in total. The molecule has 2 rings (SSSR count). The second-order valence-corrected chi connectivity index (χ2v) is 5.61. The van der Waals surface area contributed by atoms with Crippen molar-refractivity contribution in [1.82, 2.24) is 5.32 Å². The Bertz CT molecular complexity index is 525. The average molecular weight is 306 g/mol. The van der Waals surface area contributed by atoms with Gasteiger partial charge in [-0.1, -0.05) is 12.1 Å². The van der Waals surface area contributed by atoms with Crippen LogP contribution in [0.1, 0.15) is 32.1 Å². The summed E-state index contributed by atoms with van der Waals surface area (Å²) in [7, 11) is 1.56. The fraction of sp³-hybridized carbons (Fsp3) is 0.500. The monoisotopic (exact) mass is 306 g/mol. The molecule has 0 saturated heterocycles. The quantitative estimate of drug-likeness (QED) is 0.780. The molecule has 1 aliphatic carbocycles. The van der Waals surface area contributed by atoms with E-state index in [-0.39, 0.29) is 24.4 Å². The number of rotatable bonds is 5. The number of carboxylic acid groups (broad SMARTS) is 1. The highest BCUT2D eigenvalue weighted by Gasteiger charge is 2.24. The maximum Gasteiger partial charge on any atom is 0.319 e. The lowest BCUT2D eigenvalue weighted by Crippen LogP contribution is -2.40. The zero-order chi connectivity index (χ0) is 15.9. The van der Waals surface area contributed by atoms with Gasteiger partial charge in [0.05, 0.1) is 12.8 Å². The number of carboxylic acids is 1. The first kappa shape index (κ1) is 16.1. The van der Waals surface area contributed by atoms with E-state index < -0.39 is 5.97 Å². The summed E-state index contributed by atoms with van der Waals surface area (Å²) in [6, 6.07) is 7.07. The van der Waals surface area contributed by atoms with E-state index in [9.17, 15) is 9.59 Å². The van der Waals surface area contributed by atoms with Crippen molar-refractivity contribution in [2.24, 2.45) is 5.92 Å². The SMILES string of the molecule is COc1ccccc1NC(=O)NC1CCC(CC(=O)O)CC1. The number of hydrogen-bond donors (Lipinski definition) is 3. The molecule has 0 unspecified atom stereocenters. The second kappa shape index (κ2) is 7.68. The summed E-state index contributed by atoms with van der Waals surface area (Å²) in [4.78, 5) is 22.7. The Hall–Kier alpha value is -2.24. The van der Waals surface area contributed by atoms with Gasteiger partial charge in [0.2, 0.25) is 0 Å². The molecule has 0 spiro atoms. The molecule has 1 aromatic rings. The van der Waals surface area contributed by atoms with Crippen LogP contribution in [0.25, 0.3) is 0 Å². The number of aliphatic carboxylic acids is 1. The standard InChI is InChI=1S/C16H22N2O4/c1-22-14-5-3-2-4-13(14)18-16(21)17-12-8-6-11(7-9-12)10-15(19)20/h2-5,11-12H,6-10H2,1H3,(H,19,20)(H2,17,18,21). The van der Waals surface area contributed by atoms with Gasteiger partial charge in [-0.2, -0.15) is 0 Å². The van der Waals surface area contributed by atoms with Gasteiger partial charge in [0.15, 0.2) is 0 Å². The predicted molar refractivity (Wildman–Crippen MR) is 83.1 cm³/mol. The van der Waals surface area contributed by atoms with Crippen LogP contribution in [0.2, 0.25) is 0 Å². The number of anilines is 1. The van der Waals surface area contributed by atoms with Gasteiger partial charge in [-0.15, -0.1) is 0 Å². The van der Waals surface area contributed by atoms with Crippen molar-refractivity contribution >= 4 is 17.7 Å². The molecule has 120 valence electrons. The summed E-state index contributed by atoms with van der Waals surface area (Å²) in [6.45, 7) is 0. The summed E-state index contributed by atoms with van der Waals surface area (Å²) in [5.74, 6) is 0.0981. The number of ether oxygens (including phenoxy) is 1. The highest BCUT2D eigenvalue weighted by atomic mass is 16.5. The Balaban J connectivity index is 1.80. The second-order valence-electron chi connectivity index (χ2n) is 5.61. The van der Waals surface area contributed by atoms with Gasteiger partial charge in [-0.25, -0.2) is 4.79 Å². The topological polar surface area (TPSA) is 87.7 Å². The Labute approximate surface area is 129 Å². The summed E-state index contributed by atoms with van der Waals surface area (Å²) in [5, 5.41) is 14.5. The Morgan fingerprint density at radius 2 is 1.91 bits per heavy atom. The number of methoxy groups -OCH3 is 1. The van der Waals surface area contributed by atoms with E-state index in [4.69, 9.17) is 9.84 Å². The minimum atomic E-state index is -0.745. The summed E-state index contributed by atoms with van der Waals surface area (Å²) in [5.41, 5.74) is 0.627. The maximum absolute atomic E-state index is 12.0. The zero-order valence-corrected chi connectivity index (χ0v) is 12.7. The van der Waals surface area contributed by atoms with Crippen LogP contribution < -0.4 is 15.4 Å². The van der Waals surface area contributed by atoms with E-state index in [0.717, 1.165) is 25.7 Å². The molecule has 1 aromatic carbocycles.